The first-order valence-electron chi connectivity index (χ1n) is 6.23. The molecule has 0 aromatic heterocycles. The van der Waals surface area contributed by atoms with Crippen molar-refractivity contribution in [2.24, 2.45) is 0 Å². The van der Waals surface area contributed by atoms with Crippen molar-refractivity contribution in [3.8, 4) is 0 Å². The highest BCUT2D eigenvalue weighted by molar-refractivity contribution is 7.89. The molecular weight excluding hydrogens is 268 g/mol. The molecule has 7 heteroatoms. The lowest BCUT2D eigenvalue weighted by Crippen LogP contribution is -2.14. The molecule has 19 heavy (non-hydrogen) atoms. The van der Waals surface area contributed by atoms with Crippen LogP contribution in [0.1, 0.15) is 26.2 Å². The van der Waals surface area contributed by atoms with Crippen LogP contribution in [-0.4, -0.2) is 30.2 Å². The molecule has 0 saturated carbocycles. The topological polar surface area (TPSA) is 80.3 Å². The molecule has 2 atom stereocenters. The average molecular weight is 284 g/mol. The Hall–Kier alpha value is -1.47. The van der Waals surface area contributed by atoms with Crippen molar-refractivity contribution in [2.75, 3.05) is 6.54 Å². The van der Waals surface area contributed by atoms with E-state index in [1.165, 1.54) is 28.6 Å². The Morgan fingerprint density at radius 1 is 1.37 bits per heavy atom. The molecule has 0 aliphatic carbocycles. The normalized spacial score (nSPS) is 22.2. The molecule has 1 saturated heterocycles. The lowest BCUT2D eigenvalue weighted by Gasteiger charge is -2.05. The molecule has 1 aliphatic rings. The van der Waals surface area contributed by atoms with Crippen LogP contribution in [0.5, 0.6) is 0 Å². The van der Waals surface area contributed by atoms with Crippen LogP contribution in [0.3, 0.4) is 0 Å². The van der Waals surface area contributed by atoms with Crippen LogP contribution in [-0.2, 0) is 10.0 Å². The SMILES string of the molecule is CCCCC1CN1S(=O)(=O)c1ccc([N+](=O)[O-])cc1. The third kappa shape index (κ3) is 2.93. The van der Waals surface area contributed by atoms with Gasteiger partial charge in [-0.25, -0.2) is 8.42 Å². The van der Waals surface area contributed by atoms with Gasteiger partial charge in [0.1, 0.15) is 0 Å². The highest BCUT2D eigenvalue weighted by Crippen LogP contribution is 2.31. The molecule has 2 rings (SSSR count). The number of nitro benzene ring substituents is 1. The Balaban J connectivity index is 2.11. The smallest absolute Gasteiger partial charge is 0.258 e. The molecule has 104 valence electrons. The van der Waals surface area contributed by atoms with E-state index in [-0.39, 0.29) is 16.6 Å². The number of benzene rings is 1. The largest absolute Gasteiger partial charge is 0.269 e. The Labute approximate surface area is 112 Å². The summed E-state index contributed by atoms with van der Waals surface area (Å²) in [6, 6.07) is 5.13. The van der Waals surface area contributed by atoms with Crippen molar-refractivity contribution >= 4 is 15.7 Å². The second-order valence-corrected chi connectivity index (χ2v) is 6.51. The lowest BCUT2D eigenvalue weighted by molar-refractivity contribution is -0.384. The van der Waals surface area contributed by atoms with Crippen molar-refractivity contribution < 1.29 is 13.3 Å². The Morgan fingerprint density at radius 3 is 2.53 bits per heavy atom. The fourth-order valence-electron chi connectivity index (χ4n) is 2.01. The maximum absolute atomic E-state index is 12.2. The first kappa shape index (κ1) is 14.0. The molecule has 0 N–H and O–H groups in total. The number of hydrogen-bond donors (Lipinski definition) is 0. The van der Waals surface area contributed by atoms with Crippen LogP contribution in [0.2, 0.25) is 0 Å². The van der Waals surface area contributed by atoms with E-state index in [0.717, 1.165) is 19.3 Å². The molecule has 1 fully saturated rings. The summed E-state index contributed by atoms with van der Waals surface area (Å²) < 4.78 is 25.9. The lowest BCUT2D eigenvalue weighted by atomic mass is 10.2. The number of nitrogens with zero attached hydrogens (tertiary/aromatic N) is 2. The molecular formula is C12H16N2O4S. The number of sulfonamides is 1. The van der Waals surface area contributed by atoms with Crippen molar-refractivity contribution in [1.82, 2.24) is 4.31 Å². The van der Waals surface area contributed by atoms with E-state index in [1.54, 1.807) is 0 Å². The first-order chi connectivity index (χ1) is 8.96. The average Bonchev–Trinajstić information content (AvgIpc) is 3.16. The Morgan fingerprint density at radius 2 is 2.00 bits per heavy atom. The molecule has 1 aromatic carbocycles. The predicted molar refractivity (Wildman–Crippen MR) is 70.3 cm³/mol. The quantitative estimate of drug-likeness (QED) is 0.455. The monoisotopic (exact) mass is 284 g/mol. The summed E-state index contributed by atoms with van der Waals surface area (Å²) in [4.78, 5) is 10.1. The summed E-state index contributed by atoms with van der Waals surface area (Å²) in [5.74, 6) is 0. The van der Waals surface area contributed by atoms with Crippen LogP contribution in [0, 0.1) is 10.1 Å². The van der Waals surface area contributed by atoms with Gasteiger partial charge in [0, 0.05) is 24.7 Å². The standard InChI is InChI=1S/C12H16N2O4S/c1-2-3-4-11-9-13(11)19(17,18)12-7-5-10(6-8-12)14(15)16/h5-8,11H,2-4,9H2,1H3. The molecule has 2 unspecified atom stereocenters. The summed E-state index contributed by atoms with van der Waals surface area (Å²) >= 11 is 0. The maximum Gasteiger partial charge on any atom is 0.269 e. The minimum atomic E-state index is -3.48. The van der Waals surface area contributed by atoms with Gasteiger partial charge in [-0.3, -0.25) is 10.1 Å². The number of nitro groups is 1. The van der Waals surface area contributed by atoms with E-state index >= 15 is 0 Å². The Kier molecular flexibility index (Phi) is 3.86. The minimum absolute atomic E-state index is 0.0974. The van der Waals surface area contributed by atoms with Gasteiger partial charge >= 0.3 is 0 Å². The number of non-ortho nitro benzene ring substituents is 1. The van der Waals surface area contributed by atoms with Gasteiger partial charge in [-0.1, -0.05) is 19.8 Å². The molecule has 1 aromatic rings. The van der Waals surface area contributed by atoms with Gasteiger partial charge in [-0.2, -0.15) is 4.31 Å². The molecule has 1 aliphatic heterocycles. The fourth-order valence-corrected chi connectivity index (χ4v) is 3.62. The second kappa shape index (κ2) is 5.26. The molecule has 6 nitrogen and oxygen atoms in total. The highest BCUT2D eigenvalue weighted by atomic mass is 32.2. The number of rotatable bonds is 6. The summed E-state index contributed by atoms with van der Waals surface area (Å²) in [5.41, 5.74) is -0.104. The van der Waals surface area contributed by atoms with Gasteiger partial charge in [0.15, 0.2) is 0 Å². The van der Waals surface area contributed by atoms with Crippen LogP contribution in [0.25, 0.3) is 0 Å². The molecule has 1 heterocycles. The van der Waals surface area contributed by atoms with Gasteiger partial charge < -0.3 is 0 Å². The van der Waals surface area contributed by atoms with Gasteiger partial charge in [-0.05, 0) is 18.6 Å². The molecule has 0 radical (unpaired) electrons. The van der Waals surface area contributed by atoms with E-state index < -0.39 is 14.9 Å². The second-order valence-electron chi connectivity index (χ2n) is 4.62. The van der Waals surface area contributed by atoms with Gasteiger partial charge in [0.2, 0.25) is 10.0 Å². The zero-order chi connectivity index (χ0) is 14.0. The predicted octanol–water partition coefficient (Wildman–Crippen LogP) is 2.16. The van der Waals surface area contributed by atoms with E-state index in [0.29, 0.717) is 6.54 Å². The summed E-state index contributed by atoms with van der Waals surface area (Å²) in [7, 11) is -3.48. The third-order valence-electron chi connectivity index (χ3n) is 3.21. The summed E-state index contributed by atoms with van der Waals surface area (Å²) in [5, 5.41) is 10.5. The van der Waals surface area contributed by atoms with Gasteiger partial charge in [0.05, 0.1) is 9.82 Å². The number of hydrogen-bond acceptors (Lipinski definition) is 4. The minimum Gasteiger partial charge on any atom is -0.258 e. The third-order valence-corrected chi connectivity index (χ3v) is 5.14. The van der Waals surface area contributed by atoms with E-state index in [9.17, 15) is 18.5 Å². The highest BCUT2D eigenvalue weighted by Gasteiger charge is 2.43. The van der Waals surface area contributed by atoms with Crippen molar-refractivity contribution in [3.63, 3.8) is 0 Å². The van der Waals surface area contributed by atoms with E-state index in [2.05, 4.69) is 6.92 Å². The van der Waals surface area contributed by atoms with Crippen LogP contribution < -0.4 is 0 Å². The molecule has 0 amide bonds. The van der Waals surface area contributed by atoms with Gasteiger partial charge in [-0.15, -0.1) is 0 Å². The zero-order valence-electron chi connectivity index (χ0n) is 10.7. The van der Waals surface area contributed by atoms with Crippen molar-refractivity contribution in [1.29, 1.82) is 0 Å². The maximum atomic E-state index is 12.2. The molecule has 0 bridgehead atoms. The Bertz CT molecular complexity index is 568. The van der Waals surface area contributed by atoms with Crippen LogP contribution in [0.15, 0.2) is 29.2 Å². The van der Waals surface area contributed by atoms with Crippen molar-refractivity contribution in [2.45, 2.75) is 37.1 Å². The van der Waals surface area contributed by atoms with Gasteiger partial charge in [0.25, 0.3) is 5.69 Å². The first-order valence-corrected chi connectivity index (χ1v) is 7.67. The number of unbranched alkanes of at least 4 members (excludes halogenated alkanes) is 1. The fraction of sp³-hybridized carbons (Fsp3) is 0.500. The zero-order valence-corrected chi connectivity index (χ0v) is 11.5. The molecule has 0 spiro atoms. The van der Waals surface area contributed by atoms with Crippen molar-refractivity contribution in [3.05, 3.63) is 34.4 Å². The summed E-state index contributed by atoms with van der Waals surface area (Å²) in [6.07, 6.45) is 2.93. The van der Waals surface area contributed by atoms with E-state index in [4.69, 9.17) is 0 Å². The van der Waals surface area contributed by atoms with E-state index in [1.807, 2.05) is 0 Å². The van der Waals surface area contributed by atoms with Crippen LogP contribution in [0.4, 0.5) is 5.69 Å². The summed E-state index contributed by atoms with van der Waals surface area (Å²) in [6.45, 7) is 2.62. The van der Waals surface area contributed by atoms with Crippen LogP contribution >= 0.6 is 0 Å².